The molecule has 0 aromatic heterocycles. The molecule has 136 valence electrons. The van der Waals surface area contributed by atoms with Crippen LogP contribution in [0.5, 0.6) is 11.5 Å². The van der Waals surface area contributed by atoms with E-state index in [2.05, 4.69) is 0 Å². The summed E-state index contributed by atoms with van der Waals surface area (Å²) in [5, 5.41) is 9.35. The largest absolute Gasteiger partial charge is 0.497 e. The number of ether oxygens (including phenoxy) is 3. The maximum atomic E-state index is 11.8. The molecule has 7 heteroatoms. The van der Waals surface area contributed by atoms with E-state index in [4.69, 9.17) is 14.2 Å². The number of carboxylic acid groups (broad SMARTS) is 1. The van der Waals surface area contributed by atoms with Gasteiger partial charge in [-0.05, 0) is 35.9 Å². The molecular formula is C19H19NO6. The quantitative estimate of drug-likeness (QED) is 0.822. The van der Waals surface area contributed by atoms with Gasteiger partial charge in [0.15, 0.2) is 0 Å². The molecule has 1 heterocycles. The fraction of sp³-hybridized carbons (Fsp3) is 0.263. The molecular weight excluding hydrogens is 338 g/mol. The van der Waals surface area contributed by atoms with E-state index < -0.39 is 18.0 Å². The minimum atomic E-state index is -1.03. The smallest absolute Gasteiger partial charge is 0.346 e. The first-order valence-corrected chi connectivity index (χ1v) is 8.01. The Morgan fingerprint density at radius 2 is 1.92 bits per heavy atom. The highest BCUT2D eigenvalue weighted by molar-refractivity contribution is 5.91. The highest BCUT2D eigenvalue weighted by Gasteiger charge is 2.31. The summed E-state index contributed by atoms with van der Waals surface area (Å²) in [6.45, 7) is 0.633. The topological polar surface area (TPSA) is 85.3 Å². The number of hydrogen-bond acceptors (Lipinski definition) is 6. The Kier molecular flexibility index (Phi) is 4.97. The number of anilines is 1. The molecule has 0 aliphatic carbocycles. The fourth-order valence-corrected chi connectivity index (χ4v) is 2.83. The van der Waals surface area contributed by atoms with Crippen LogP contribution in [0.1, 0.15) is 15.9 Å². The van der Waals surface area contributed by atoms with E-state index in [9.17, 15) is 14.7 Å². The van der Waals surface area contributed by atoms with Gasteiger partial charge in [0.25, 0.3) is 0 Å². The predicted octanol–water partition coefficient (Wildman–Crippen LogP) is 2.33. The highest BCUT2D eigenvalue weighted by atomic mass is 16.5. The Morgan fingerprint density at radius 3 is 2.54 bits per heavy atom. The first-order valence-electron chi connectivity index (χ1n) is 8.01. The Morgan fingerprint density at radius 1 is 1.19 bits per heavy atom. The van der Waals surface area contributed by atoms with Gasteiger partial charge < -0.3 is 24.2 Å². The lowest BCUT2D eigenvalue weighted by atomic mass is 10.1. The van der Waals surface area contributed by atoms with Crippen LogP contribution in [0.15, 0.2) is 42.5 Å². The summed E-state index contributed by atoms with van der Waals surface area (Å²) in [7, 11) is 2.91. The average Bonchev–Trinajstić information content (AvgIpc) is 2.67. The van der Waals surface area contributed by atoms with Crippen LogP contribution in [-0.4, -0.2) is 43.9 Å². The van der Waals surface area contributed by atoms with Crippen molar-refractivity contribution in [3.63, 3.8) is 0 Å². The monoisotopic (exact) mass is 357 g/mol. The molecule has 1 aliphatic rings. The van der Waals surface area contributed by atoms with E-state index in [0.717, 1.165) is 11.3 Å². The third kappa shape index (κ3) is 3.56. The van der Waals surface area contributed by atoms with Gasteiger partial charge in [0.2, 0.25) is 6.10 Å². The van der Waals surface area contributed by atoms with Gasteiger partial charge >= 0.3 is 11.9 Å². The molecule has 1 atom stereocenters. The molecule has 7 nitrogen and oxygen atoms in total. The molecule has 3 rings (SSSR count). The second-order valence-electron chi connectivity index (χ2n) is 5.85. The molecule has 0 bridgehead atoms. The molecule has 0 amide bonds. The second kappa shape index (κ2) is 7.35. The van der Waals surface area contributed by atoms with Crippen LogP contribution in [0.4, 0.5) is 5.69 Å². The van der Waals surface area contributed by atoms with Crippen molar-refractivity contribution in [1.29, 1.82) is 0 Å². The van der Waals surface area contributed by atoms with Crippen molar-refractivity contribution >= 4 is 17.6 Å². The molecule has 0 saturated heterocycles. The predicted molar refractivity (Wildman–Crippen MR) is 93.9 cm³/mol. The summed E-state index contributed by atoms with van der Waals surface area (Å²) in [5.74, 6) is -0.331. The number of carbonyl (C=O) groups is 2. The number of hydrogen-bond donors (Lipinski definition) is 1. The zero-order chi connectivity index (χ0) is 18.7. The Hall–Kier alpha value is -3.22. The maximum Gasteiger partial charge on any atom is 0.346 e. The second-order valence-corrected chi connectivity index (χ2v) is 5.85. The van der Waals surface area contributed by atoms with Gasteiger partial charge in [-0.2, -0.15) is 0 Å². The summed E-state index contributed by atoms with van der Waals surface area (Å²) in [4.78, 5) is 25.1. The van der Waals surface area contributed by atoms with Crippen LogP contribution in [0, 0.1) is 0 Å². The third-order valence-corrected chi connectivity index (χ3v) is 4.18. The molecule has 1 N–H and O–H groups in total. The molecule has 26 heavy (non-hydrogen) atoms. The molecule has 0 saturated carbocycles. The van der Waals surface area contributed by atoms with Crippen molar-refractivity contribution in [1.82, 2.24) is 0 Å². The number of fused-ring (bicyclic) bond motifs is 1. The normalized spacial score (nSPS) is 15.6. The van der Waals surface area contributed by atoms with E-state index in [1.165, 1.54) is 7.11 Å². The van der Waals surface area contributed by atoms with Crippen LogP contribution in [-0.2, 0) is 16.1 Å². The highest BCUT2D eigenvalue weighted by Crippen LogP contribution is 2.35. The maximum absolute atomic E-state index is 11.8. The summed E-state index contributed by atoms with van der Waals surface area (Å²) in [6, 6.07) is 12.3. The van der Waals surface area contributed by atoms with Crippen molar-refractivity contribution in [2.24, 2.45) is 0 Å². The summed E-state index contributed by atoms with van der Waals surface area (Å²) >= 11 is 0. The van der Waals surface area contributed by atoms with Crippen LogP contribution < -0.4 is 14.4 Å². The Bertz CT molecular complexity index is 817. The number of carboxylic acids is 1. The number of nitrogens with zero attached hydrogens (tertiary/aromatic N) is 1. The van der Waals surface area contributed by atoms with Crippen LogP contribution in [0.3, 0.4) is 0 Å². The van der Waals surface area contributed by atoms with Gasteiger partial charge in [-0.25, -0.2) is 9.59 Å². The number of carbonyl (C=O) groups excluding carboxylic acids is 1. The number of aliphatic carboxylic acids is 1. The molecule has 2 aromatic rings. The lowest BCUT2D eigenvalue weighted by Gasteiger charge is -2.35. The zero-order valence-corrected chi connectivity index (χ0v) is 14.5. The van der Waals surface area contributed by atoms with Gasteiger partial charge in [0.05, 0.1) is 32.0 Å². The SMILES string of the molecule is COC(=O)c1ccc2c(c1)N(Cc1ccc(OC)cc1)CC(C(=O)O)O2. The summed E-state index contributed by atoms with van der Waals surface area (Å²) < 4.78 is 15.5. The van der Waals surface area contributed by atoms with E-state index in [0.29, 0.717) is 23.5 Å². The zero-order valence-electron chi connectivity index (χ0n) is 14.5. The van der Waals surface area contributed by atoms with Crippen LogP contribution in [0.2, 0.25) is 0 Å². The minimum absolute atomic E-state index is 0.166. The van der Waals surface area contributed by atoms with Crippen LogP contribution in [0.25, 0.3) is 0 Å². The molecule has 1 unspecified atom stereocenters. The lowest BCUT2D eigenvalue weighted by Crippen LogP contribution is -2.44. The van der Waals surface area contributed by atoms with Gasteiger partial charge in [0.1, 0.15) is 11.5 Å². The number of rotatable bonds is 5. The van der Waals surface area contributed by atoms with Crippen LogP contribution >= 0.6 is 0 Å². The van der Waals surface area contributed by atoms with E-state index >= 15 is 0 Å². The van der Waals surface area contributed by atoms with Gasteiger partial charge in [-0.15, -0.1) is 0 Å². The Labute approximate surface area is 150 Å². The molecule has 1 aliphatic heterocycles. The van der Waals surface area contributed by atoms with E-state index in [1.807, 2.05) is 29.2 Å². The van der Waals surface area contributed by atoms with Crippen molar-refractivity contribution in [3.8, 4) is 11.5 Å². The first kappa shape index (κ1) is 17.6. The number of esters is 1. The first-order chi connectivity index (χ1) is 12.5. The lowest BCUT2D eigenvalue weighted by molar-refractivity contribution is -0.144. The molecule has 0 radical (unpaired) electrons. The molecule has 2 aromatic carbocycles. The van der Waals surface area contributed by atoms with Gasteiger partial charge in [-0.1, -0.05) is 12.1 Å². The van der Waals surface area contributed by atoms with Gasteiger partial charge in [-0.3, -0.25) is 0 Å². The Balaban J connectivity index is 1.94. The molecule has 0 spiro atoms. The fourth-order valence-electron chi connectivity index (χ4n) is 2.83. The van der Waals surface area contributed by atoms with Crippen molar-refractivity contribution in [3.05, 3.63) is 53.6 Å². The van der Waals surface area contributed by atoms with Crippen molar-refractivity contribution in [2.75, 3.05) is 25.7 Å². The van der Waals surface area contributed by atoms with Crippen molar-refractivity contribution < 1.29 is 28.9 Å². The third-order valence-electron chi connectivity index (χ3n) is 4.18. The van der Waals surface area contributed by atoms with E-state index in [-0.39, 0.29) is 6.54 Å². The minimum Gasteiger partial charge on any atom is -0.497 e. The van der Waals surface area contributed by atoms with Crippen molar-refractivity contribution in [2.45, 2.75) is 12.6 Å². The standard InChI is InChI=1S/C19H19NO6/c1-24-14-6-3-12(4-7-14)10-20-11-17(18(21)22)26-16-8-5-13(9-15(16)20)19(23)25-2/h3-9,17H,10-11H2,1-2H3,(H,21,22). The summed E-state index contributed by atoms with van der Waals surface area (Å²) in [6.07, 6.45) is -0.982. The van der Waals surface area contributed by atoms with E-state index in [1.54, 1.807) is 25.3 Å². The number of benzene rings is 2. The number of methoxy groups -OCH3 is 2. The summed E-state index contributed by atoms with van der Waals surface area (Å²) in [5.41, 5.74) is 2.01. The molecule has 0 fully saturated rings. The van der Waals surface area contributed by atoms with Gasteiger partial charge in [0, 0.05) is 6.54 Å². The average molecular weight is 357 g/mol.